The van der Waals surface area contributed by atoms with Gasteiger partial charge in [-0.1, -0.05) is 51.1 Å². The van der Waals surface area contributed by atoms with Crippen LogP contribution in [0, 0.1) is 16.7 Å². The number of hydrogen-bond donors (Lipinski definition) is 2. The number of hydrogen-bond acceptors (Lipinski definition) is 3. The second kappa shape index (κ2) is 5.06. The Bertz CT molecular complexity index is 826. The Morgan fingerprint density at radius 1 is 1.12 bits per heavy atom. The van der Waals surface area contributed by atoms with Gasteiger partial charge in [0.15, 0.2) is 0 Å². The predicted molar refractivity (Wildman–Crippen MR) is 97.6 cm³/mol. The molecule has 4 atom stereocenters. The standard InChI is InChI=1S/C21H25NO2/c1-20(2)16-10-11-21(20,3)19(24)18(16)22-12-15-14-7-5-4-6-13(14)8-9-17(15)23/h4-9,12,16,18-19,23-24H,10-11H2,1-3H3/t16-,18-,19-,21+/m1/s1. The molecule has 2 aliphatic carbocycles. The summed E-state index contributed by atoms with van der Waals surface area (Å²) in [6.45, 7) is 6.72. The van der Waals surface area contributed by atoms with Crippen LogP contribution in [0.4, 0.5) is 0 Å². The van der Waals surface area contributed by atoms with Gasteiger partial charge in [-0.05, 0) is 41.0 Å². The number of benzene rings is 2. The minimum absolute atomic E-state index is 0.0690. The zero-order valence-electron chi connectivity index (χ0n) is 14.5. The minimum atomic E-state index is -0.417. The van der Waals surface area contributed by atoms with Gasteiger partial charge < -0.3 is 10.2 Å². The van der Waals surface area contributed by atoms with Crippen LogP contribution in [-0.4, -0.2) is 28.6 Å². The Hall–Kier alpha value is -1.87. The molecule has 2 bridgehead atoms. The smallest absolute Gasteiger partial charge is 0.124 e. The topological polar surface area (TPSA) is 52.8 Å². The molecular formula is C21H25NO2. The van der Waals surface area contributed by atoms with Crippen molar-refractivity contribution >= 4 is 17.0 Å². The molecule has 2 saturated carbocycles. The van der Waals surface area contributed by atoms with E-state index in [0.717, 1.165) is 29.2 Å². The zero-order chi connectivity index (χ0) is 17.1. The van der Waals surface area contributed by atoms with E-state index in [4.69, 9.17) is 4.99 Å². The van der Waals surface area contributed by atoms with Crippen molar-refractivity contribution in [3.05, 3.63) is 42.0 Å². The largest absolute Gasteiger partial charge is 0.507 e. The fourth-order valence-corrected chi connectivity index (χ4v) is 5.05. The van der Waals surface area contributed by atoms with Crippen molar-refractivity contribution in [2.75, 3.05) is 0 Å². The highest BCUT2D eigenvalue weighted by Crippen LogP contribution is 2.66. The number of aliphatic hydroxyl groups excluding tert-OH is 1. The van der Waals surface area contributed by atoms with Crippen LogP contribution in [0.3, 0.4) is 0 Å². The maximum Gasteiger partial charge on any atom is 0.124 e. The van der Waals surface area contributed by atoms with Crippen LogP contribution >= 0.6 is 0 Å². The summed E-state index contributed by atoms with van der Waals surface area (Å²) in [4.78, 5) is 4.77. The summed E-state index contributed by atoms with van der Waals surface area (Å²) >= 11 is 0. The van der Waals surface area contributed by atoms with E-state index in [1.807, 2.05) is 30.3 Å². The summed E-state index contributed by atoms with van der Waals surface area (Å²) in [7, 11) is 0. The van der Waals surface area contributed by atoms with Crippen LogP contribution < -0.4 is 0 Å². The summed E-state index contributed by atoms with van der Waals surface area (Å²) < 4.78 is 0. The Labute approximate surface area is 143 Å². The van der Waals surface area contributed by atoms with E-state index in [2.05, 4.69) is 20.8 Å². The van der Waals surface area contributed by atoms with E-state index in [1.165, 1.54) is 0 Å². The van der Waals surface area contributed by atoms with Gasteiger partial charge in [0.2, 0.25) is 0 Å². The number of nitrogens with zero attached hydrogens (tertiary/aromatic N) is 1. The van der Waals surface area contributed by atoms with Crippen molar-refractivity contribution in [2.45, 2.75) is 45.8 Å². The average Bonchev–Trinajstić information content (AvgIpc) is 2.87. The number of aliphatic hydroxyl groups is 1. The summed E-state index contributed by atoms with van der Waals surface area (Å²) in [5, 5.41) is 23.2. The fraction of sp³-hybridized carbons (Fsp3) is 0.476. The molecule has 126 valence electrons. The van der Waals surface area contributed by atoms with Gasteiger partial charge in [0.25, 0.3) is 0 Å². The highest BCUT2D eigenvalue weighted by Gasteiger charge is 2.65. The molecule has 0 heterocycles. The lowest BCUT2D eigenvalue weighted by molar-refractivity contribution is 0.00624. The molecular weight excluding hydrogens is 298 g/mol. The molecule has 3 nitrogen and oxygen atoms in total. The third kappa shape index (κ3) is 1.91. The van der Waals surface area contributed by atoms with Gasteiger partial charge in [-0.15, -0.1) is 0 Å². The molecule has 2 aromatic carbocycles. The molecule has 24 heavy (non-hydrogen) atoms. The molecule has 4 rings (SSSR count). The maximum atomic E-state index is 10.9. The number of phenols is 1. The monoisotopic (exact) mass is 323 g/mol. The number of aromatic hydroxyl groups is 1. The first-order valence-corrected chi connectivity index (χ1v) is 8.78. The van der Waals surface area contributed by atoms with Crippen LogP contribution in [0.5, 0.6) is 5.75 Å². The number of aliphatic imine (C=N–C) groups is 1. The Morgan fingerprint density at radius 3 is 2.58 bits per heavy atom. The SMILES string of the molecule is CC1(C)[C@@H]2CC[C@@]1(C)[C@H](O)[C@@H]2N=Cc1c(O)ccc2ccccc12. The third-order valence-electron chi connectivity index (χ3n) is 7.09. The van der Waals surface area contributed by atoms with Crippen molar-refractivity contribution in [3.8, 4) is 5.75 Å². The minimum Gasteiger partial charge on any atom is -0.507 e. The van der Waals surface area contributed by atoms with Gasteiger partial charge in [-0.25, -0.2) is 0 Å². The van der Waals surface area contributed by atoms with Gasteiger partial charge in [0, 0.05) is 17.2 Å². The third-order valence-corrected chi connectivity index (χ3v) is 7.09. The van der Waals surface area contributed by atoms with Crippen LogP contribution in [0.15, 0.2) is 41.4 Å². The van der Waals surface area contributed by atoms with Gasteiger partial charge in [0.1, 0.15) is 5.75 Å². The van der Waals surface area contributed by atoms with Crippen molar-refractivity contribution in [1.82, 2.24) is 0 Å². The van der Waals surface area contributed by atoms with Gasteiger partial charge in [-0.2, -0.15) is 0 Å². The Morgan fingerprint density at radius 2 is 1.88 bits per heavy atom. The number of rotatable bonds is 2. The lowest BCUT2D eigenvalue weighted by Gasteiger charge is -2.36. The first kappa shape index (κ1) is 15.6. The van der Waals surface area contributed by atoms with E-state index >= 15 is 0 Å². The normalized spacial score (nSPS) is 34.4. The van der Waals surface area contributed by atoms with E-state index in [0.29, 0.717) is 5.92 Å². The van der Waals surface area contributed by atoms with Gasteiger partial charge in [0.05, 0.1) is 12.1 Å². The lowest BCUT2D eigenvalue weighted by Crippen LogP contribution is -2.39. The molecule has 0 unspecified atom stereocenters. The van der Waals surface area contributed by atoms with Gasteiger partial charge >= 0.3 is 0 Å². The number of fused-ring (bicyclic) bond motifs is 3. The molecule has 3 heteroatoms. The second-order valence-corrected chi connectivity index (χ2v) is 8.22. The molecule has 2 N–H and O–H groups in total. The van der Waals surface area contributed by atoms with Crippen LogP contribution in [-0.2, 0) is 0 Å². The van der Waals surface area contributed by atoms with Crippen molar-refractivity contribution < 1.29 is 10.2 Å². The maximum absolute atomic E-state index is 10.9. The first-order chi connectivity index (χ1) is 11.4. The Kier molecular flexibility index (Phi) is 3.30. The van der Waals surface area contributed by atoms with Crippen LogP contribution in [0.2, 0.25) is 0 Å². The molecule has 0 aliphatic heterocycles. The summed E-state index contributed by atoms with van der Waals surface area (Å²) in [6.07, 6.45) is 3.53. The lowest BCUT2D eigenvalue weighted by atomic mass is 9.70. The highest BCUT2D eigenvalue weighted by atomic mass is 16.3. The average molecular weight is 323 g/mol. The summed E-state index contributed by atoms with van der Waals surface area (Å²) in [5.41, 5.74) is 0.765. The molecule has 0 radical (unpaired) electrons. The van der Waals surface area contributed by atoms with E-state index in [-0.39, 0.29) is 22.6 Å². The van der Waals surface area contributed by atoms with E-state index in [1.54, 1.807) is 12.3 Å². The molecule has 0 aromatic heterocycles. The van der Waals surface area contributed by atoms with Crippen molar-refractivity contribution in [2.24, 2.45) is 21.7 Å². The predicted octanol–water partition coefficient (Wildman–Crippen LogP) is 4.15. The highest BCUT2D eigenvalue weighted by molar-refractivity contribution is 6.02. The number of phenolic OH excluding ortho intramolecular Hbond substituents is 1. The Balaban J connectivity index is 1.74. The fourth-order valence-electron chi connectivity index (χ4n) is 5.05. The molecule has 0 spiro atoms. The summed E-state index contributed by atoms with van der Waals surface area (Å²) in [6, 6.07) is 11.5. The summed E-state index contributed by atoms with van der Waals surface area (Å²) in [5.74, 6) is 0.631. The second-order valence-electron chi connectivity index (χ2n) is 8.22. The molecule has 0 amide bonds. The zero-order valence-corrected chi connectivity index (χ0v) is 14.5. The van der Waals surface area contributed by atoms with E-state index in [9.17, 15) is 10.2 Å². The molecule has 0 saturated heterocycles. The first-order valence-electron chi connectivity index (χ1n) is 8.78. The molecule has 2 aliphatic rings. The van der Waals surface area contributed by atoms with Crippen LogP contribution in [0.1, 0.15) is 39.2 Å². The van der Waals surface area contributed by atoms with Crippen LogP contribution in [0.25, 0.3) is 10.8 Å². The van der Waals surface area contributed by atoms with Crippen molar-refractivity contribution in [3.63, 3.8) is 0 Å². The molecule has 2 fully saturated rings. The quantitative estimate of drug-likeness (QED) is 0.816. The van der Waals surface area contributed by atoms with Crippen molar-refractivity contribution in [1.29, 1.82) is 0 Å². The van der Waals surface area contributed by atoms with E-state index < -0.39 is 6.10 Å². The molecule has 2 aromatic rings. The van der Waals surface area contributed by atoms with Gasteiger partial charge in [-0.3, -0.25) is 4.99 Å².